The third kappa shape index (κ3) is 10.2. The SMILES string of the molecule is CSSCC/C=C/[C@@H]1CC(=O)N[C@H](CCC(=O)O)C(=O)NCC(=O)NC2(CC2)C(=O)NCC(=O)O1. The number of cyclic esters (lactones) is 1. The third-order valence-electron chi connectivity index (χ3n) is 5.18. The lowest BCUT2D eigenvalue weighted by molar-refractivity contribution is -0.148. The monoisotopic (exact) mass is 530 g/mol. The Balaban J connectivity index is 2.17. The Morgan fingerprint density at radius 3 is 2.54 bits per heavy atom. The first-order valence-corrected chi connectivity index (χ1v) is 13.8. The summed E-state index contributed by atoms with van der Waals surface area (Å²) in [5, 5.41) is 18.8. The van der Waals surface area contributed by atoms with Crippen LogP contribution >= 0.6 is 21.6 Å². The fourth-order valence-electron chi connectivity index (χ4n) is 3.24. The summed E-state index contributed by atoms with van der Waals surface area (Å²) in [5.74, 6) is -3.67. The fourth-order valence-corrected chi connectivity index (χ4v) is 4.42. The van der Waals surface area contributed by atoms with Crippen LogP contribution in [0.1, 0.15) is 38.5 Å². The van der Waals surface area contributed by atoms with Crippen molar-refractivity contribution >= 4 is 57.2 Å². The Labute approximate surface area is 210 Å². The highest BCUT2D eigenvalue weighted by Crippen LogP contribution is 2.35. The molecule has 12 nitrogen and oxygen atoms in total. The van der Waals surface area contributed by atoms with Crippen molar-refractivity contribution in [2.75, 3.05) is 25.1 Å². The number of carboxylic acids is 1. The molecule has 0 radical (unpaired) electrons. The van der Waals surface area contributed by atoms with Crippen molar-refractivity contribution in [3.05, 3.63) is 12.2 Å². The first kappa shape index (κ1) is 28.5. The van der Waals surface area contributed by atoms with Gasteiger partial charge in [0.1, 0.15) is 24.2 Å². The molecule has 1 saturated heterocycles. The van der Waals surface area contributed by atoms with Crippen molar-refractivity contribution in [1.82, 2.24) is 21.3 Å². The quantitative estimate of drug-likeness (QED) is 0.119. The maximum atomic E-state index is 12.6. The van der Waals surface area contributed by atoms with Gasteiger partial charge in [0.2, 0.25) is 23.6 Å². The summed E-state index contributed by atoms with van der Waals surface area (Å²) in [6.07, 6.45) is 4.86. The zero-order valence-corrected chi connectivity index (χ0v) is 20.9. The second-order valence-electron chi connectivity index (χ2n) is 8.02. The number of carbonyl (C=O) groups is 6. The molecule has 1 aliphatic carbocycles. The molecule has 1 saturated carbocycles. The van der Waals surface area contributed by atoms with E-state index in [-0.39, 0.29) is 19.3 Å². The van der Waals surface area contributed by atoms with E-state index in [0.29, 0.717) is 19.3 Å². The lowest BCUT2D eigenvalue weighted by atomic mass is 10.1. The zero-order valence-electron chi connectivity index (χ0n) is 19.3. The average molecular weight is 531 g/mol. The molecule has 0 aromatic carbocycles. The van der Waals surface area contributed by atoms with Crippen LogP contribution in [0.2, 0.25) is 0 Å². The first-order chi connectivity index (χ1) is 16.6. The second-order valence-corrected chi connectivity index (χ2v) is 10.7. The van der Waals surface area contributed by atoms with Crippen molar-refractivity contribution in [1.29, 1.82) is 0 Å². The van der Waals surface area contributed by atoms with Gasteiger partial charge in [-0.3, -0.25) is 28.8 Å². The Bertz CT molecular complexity index is 862. The number of nitrogens with one attached hydrogen (secondary N) is 4. The van der Waals surface area contributed by atoms with Crippen molar-refractivity contribution < 1.29 is 38.6 Å². The minimum Gasteiger partial charge on any atom is -0.481 e. The molecule has 2 atom stereocenters. The lowest BCUT2D eigenvalue weighted by Crippen LogP contribution is -2.54. The van der Waals surface area contributed by atoms with E-state index in [0.717, 1.165) is 5.75 Å². The number of ether oxygens (including phenoxy) is 1. The number of hydrogen-bond acceptors (Lipinski definition) is 9. The summed E-state index contributed by atoms with van der Waals surface area (Å²) in [6.45, 7) is -0.905. The Morgan fingerprint density at radius 1 is 1.14 bits per heavy atom. The summed E-state index contributed by atoms with van der Waals surface area (Å²) in [4.78, 5) is 73.3. The molecule has 0 unspecified atom stereocenters. The van der Waals surface area contributed by atoms with Gasteiger partial charge in [0.15, 0.2) is 0 Å². The maximum Gasteiger partial charge on any atom is 0.326 e. The Hall–Kier alpha value is -2.74. The molecule has 0 bridgehead atoms. The summed E-state index contributed by atoms with van der Waals surface area (Å²) in [6, 6.07) is -1.21. The standard InChI is InChI=1S/C21H30N4O8S2/c1-34-35-9-3-2-4-13-10-15(26)24-14(5-6-17(28)29)19(31)22-11-16(27)25-21(7-8-21)20(32)23-12-18(30)33-13/h2,4,13-14H,3,5-12H2,1H3,(H,22,31)(H,23,32)(H,24,26)(H,25,27)(H,28,29)/b4-2+/t13-,14-/m1/s1. The van der Waals surface area contributed by atoms with Crippen molar-refractivity contribution in [2.45, 2.75) is 56.2 Å². The minimum absolute atomic E-state index is 0.201. The molecule has 1 heterocycles. The van der Waals surface area contributed by atoms with Crippen LogP contribution in [0.3, 0.4) is 0 Å². The topological polar surface area (TPSA) is 180 Å². The molecule has 2 fully saturated rings. The van der Waals surface area contributed by atoms with E-state index in [1.807, 2.05) is 6.26 Å². The minimum atomic E-state index is -1.21. The number of carbonyl (C=O) groups excluding carboxylic acids is 5. The highest BCUT2D eigenvalue weighted by Gasteiger charge is 2.51. The predicted octanol–water partition coefficient (Wildman–Crippen LogP) is -0.510. The molecule has 1 spiro atoms. The van der Waals surface area contributed by atoms with Crippen molar-refractivity contribution in [3.63, 3.8) is 0 Å². The van der Waals surface area contributed by atoms with Crippen LogP contribution in [0.5, 0.6) is 0 Å². The highest BCUT2D eigenvalue weighted by atomic mass is 33.1. The number of esters is 1. The van der Waals surface area contributed by atoms with Gasteiger partial charge in [0.05, 0.1) is 13.0 Å². The number of aliphatic carboxylic acids is 1. The average Bonchev–Trinajstić information content (AvgIpc) is 3.58. The Morgan fingerprint density at radius 2 is 1.89 bits per heavy atom. The molecule has 2 rings (SSSR count). The van der Waals surface area contributed by atoms with Crippen LogP contribution in [0.25, 0.3) is 0 Å². The van der Waals surface area contributed by atoms with Crippen LogP contribution in [-0.2, 0) is 33.5 Å². The fraction of sp³-hybridized carbons (Fsp3) is 0.619. The summed E-state index contributed by atoms with van der Waals surface area (Å²) in [5.41, 5.74) is -1.15. The molecule has 194 valence electrons. The predicted molar refractivity (Wildman–Crippen MR) is 129 cm³/mol. The van der Waals surface area contributed by atoms with E-state index in [1.54, 1.807) is 33.7 Å². The number of rotatable bonds is 8. The van der Waals surface area contributed by atoms with E-state index in [1.165, 1.54) is 0 Å². The van der Waals surface area contributed by atoms with Crippen LogP contribution in [0, 0.1) is 0 Å². The molecule has 4 amide bonds. The summed E-state index contributed by atoms with van der Waals surface area (Å²) < 4.78 is 5.35. The van der Waals surface area contributed by atoms with Crippen LogP contribution in [-0.4, -0.2) is 83.5 Å². The van der Waals surface area contributed by atoms with Gasteiger partial charge in [-0.1, -0.05) is 27.7 Å². The molecule has 5 N–H and O–H groups in total. The molecular weight excluding hydrogens is 500 g/mol. The van der Waals surface area contributed by atoms with E-state index < -0.39 is 66.3 Å². The number of carboxylic acid groups (broad SMARTS) is 1. The van der Waals surface area contributed by atoms with E-state index >= 15 is 0 Å². The first-order valence-electron chi connectivity index (χ1n) is 11.0. The molecule has 35 heavy (non-hydrogen) atoms. The molecule has 1 aliphatic heterocycles. The normalized spacial score (nSPS) is 23.7. The van der Waals surface area contributed by atoms with E-state index in [9.17, 15) is 28.8 Å². The lowest BCUT2D eigenvalue weighted by Gasteiger charge is -2.22. The van der Waals surface area contributed by atoms with Gasteiger partial charge < -0.3 is 31.1 Å². The molecular formula is C21H30N4O8S2. The van der Waals surface area contributed by atoms with Crippen molar-refractivity contribution in [3.8, 4) is 0 Å². The summed E-state index contributed by atoms with van der Waals surface area (Å²) >= 11 is 0. The third-order valence-corrected chi connectivity index (χ3v) is 7.03. The number of hydrogen-bond donors (Lipinski definition) is 5. The Kier molecular flexibility index (Phi) is 11.4. The van der Waals surface area contributed by atoms with Gasteiger partial charge in [0, 0.05) is 12.2 Å². The van der Waals surface area contributed by atoms with Gasteiger partial charge in [-0.2, -0.15) is 0 Å². The van der Waals surface area contributed by atoms with Crippen molar-refractivity contribution in [2.24, 2.45) is 0 Å². The van der Waals surface area contributed by atoms with Gasteiger partial charge in [0.25, 0.3) is 0 Å². The molecule has 0 aromatic rings. The number of amides is 4. The van der Waals surface area contributed by atoms with Gasteiger partial charge >= 0.3 is 11.9 Å². The molecule has 14 heteroatoms. The van der Waals surface area contributed by atoms with Gasteiger partial charge in [-0.25, -0.2) is 0 Å². The number of allylic oxidation sites excluding steroid dienone is 1. The van der Waals surface area contributed by atoms with Crippen LogP contribution in [0.4, 0.5) is 0 Å². The van der Waals surface area contributed by atoms with E-state index in [4.69, 9.17) is 9.84 Å². The zero-order chi connectivity index (χ0) is 25.8. The second kappa shape index (κ2) is 14.0. The van der Waals surface area contributed by atoms with E-state index in [2.05, 4.69) is 21.3 Å². The molecule has 0 aromatic heterocycles. The van der Waals surface area contributed by atoms with Gasteiger partial charge in [-0.05, 0) is 38.0 Å². The smallest absolute Gasteiger partial charge is 0.326 e. The highest BCUT2D eigenvalue weighted by molar-refractivity contribution is 8.76. The van der Waals surface area contributed by atoms with Crippen LogP contribution in [0.15, 0.2) is 12.2 Å². The molecule has 2 aliphatic rings. The van der Waals surface area contributed by atoms with Crippen LogP contribution < -0.4 is 21.3 Å². The largest absolute Gasteiger partial charge is 0.481 e. The maximum absolute atomic E-state index is 12.6. The summed E-state index contributed by atoms with van der Waals surface area (Å²) in [7, 11) is 3.26. The van der Waals surface area contributed by atoms with Gasteiger partial charge in [-0.15, -0.1) is 0 Å².